The van der Waals surface area contributed by atoms with Gasteiger partial charge in [0, 0.05) is 0 Å². The molecule has 0 saturated heterocycles. The molecule has 0 aliphatic heterocycles. The molecule has 0 amide bonds. The molecule has 0 radical (unpaired) electrons. The van der Waals surface area contributed by atoms with Gasteiger partial charge in [0.15, 0.2) is 0 Å². The molecule has 0 heterocycles. The van der Waals surface area contributed by atoms with Crippen LogP contribution in [-0.2, 0) is 0 Å². The third kappa shape index (κ3) is 4.25. The third-order valence-corrected chi connectivity index (χ3v) is 6.20. The van der Waals surface area contributed by atoms with Crippen LogP contribution in [0.2, 0.25) is 0 Å². The van der Waals surface area contributed by atoms with E-state index in [0.29, 0.717) is 11.3 Å². The highest BCUT2D eigenvalue weighted by molar-refractivity contribution is 5.19. The highest BCUT2D eigenvalue weighted by atomic mass is 16.2. The minimum atomic E-state index is 0.146. The highest BCUT2D eigenvalue weighted by Crippen LogP contribution is 2.57. The molecule has 2 rings (SSSR count). The number of rotatable bonds is 3. The maximum absolute atomic E-state index is 8.99. The molecule has 2 aliphatic rings. The maximum atomic E-state index is 8.99. The van der Waals surface area contributed by atoms with Gasteiger partial charge in [-0.3, -0.25) is 0 Å². The quantitative estimate of drug-likeness (QED) is 0.634. The second-order valence-corrected chi connectivity index (χ2v) is 7.55. The Morgan fingerprint density at radius 2 is 1.82 bits per heavy atom. The van der Waals surface area contributed by atoms with Gasteiger partial charge in [0.2, 0.25) is 0 Å². The van der Waals surface area contributed by atoms with Gasteiger partial charge >= 0.3 is 0 Å². The molecule has 1 nitrogen and oxygen atoms in total. The van der Waals surface area contributed by atoms with Crippen molar-refractivity contribution in [3.63, 3.8) is 0 Å². The fourth-order valence-electron chi connectivity index (χ4n) is 5.02. The van der Waals surface area contributed by atoms with Gasteiger partial charge in [0.25, 0.3) is 0 Å². The molecular weight excluding hydrogens is 268 g/mol. The van der Waals surface area contributed by atoms with Crippen LogP contribution in [0.15, 0.2) is 23.8 Å². The summed E-state index contributed by atoms with van der Waals surface area (Å²) in [6, 6.07) is 0. The molecule has 0 aromatic heterocycles. The van der Waals surface area contributed by atoms with Gasteiger partial charge in [-0.2, -0.15) is 0 Å². The summed E-state index contributed by atoms with van der Waals surface area (Å²) in [4.78, 5) is 0. The van der Waals surface area contributed by atoms with Crippen LogP contribution in [0.5, 0.6) is 0 Å². The van der Waals surface area contributed by atoms with Crippen molar-refractivity contribution in [2.24, 2.45) is 29.1 Å². The molecule has 2 saturated carbocycles. The first-order valence-electron chi connectivity index (χ1n) is 9.45. The zero-order valence-electron chi connectivity index (χ0n) is 15.7. The maximum Gasteiger partial charge on any atom is 0.0617 e. The Morgan fingerprint density at radius 1 is 1.14 bits per heavy atom. The fraction of sp³-hybridized carbons (Fsp3) is 0.810. The summed E-state index contributed by atoms with van der Waals surface area (Å²) in [5.74, 6) is 3.29. The van der Waals surface area contributed by atoms with E-state index in [1.807, 2.05) is 19.9 Å². The Morgan fingerprint density at radius 3 is 2.45 bits per heavy atom. The molecule has 5 atom stereocenters. The van der Waals surface area contributed by atoms with Gasteiger partial charge in [-0.1, -0.05) is 71.3 Å². The Kier molecular flexibility index (Phi) is 7.89. The Balaban J connectivity index is 0.00000116. The van der Waals surface area contributed by atoms with Crippen LogP contribution in [0.25, 0.3) is 0 Å². The zero-order valence-corrected chi connectivity index (χ0v) is 15.7. The lowest BCUT2D eigenvalue weighted by atomic mass is 9.50. The summed E-state index contributed by atoms with van der Waals surface area (Å²) in [7, 11) is 0. The van der Waals surface area contributed by atoms with E-state index in [1.54, 1.807) is 0 Å². The van der Waals surface area contributed by atoms with E-state index < -0.39 is 0 Å². The van der Waals surface area contributed by atoms with E-state index in [4.69, 9.17) is 5.11 Å². The van der Waals surface area contributed by atoms with Crippen molar-refractivity contribution in [2.75, 3.05) is 6.61 Å². The van der Waals surface area contributed by atoms with Gasteiger partial charge in [-0.15, -0.1) is 0 Å². The van der Waals surface area contributed by atoms with Crippen molar-refractivity contribution in [3.8, 4) is 0 Å². The average Bonchev–Trinajstić information content (AvgIpc) is 2.48. The zero-order chi connectivity index (χ0) is 16.8. The summed E-state index contributed by atoms with van der Waals surface area (Å²) < 4.78 is 0. The van der Waals surface area contributed by atoms with Crippen molar-refractivity contribution in [1.82, 2.24) is 0 Å². The van der Waals surface area contributed by atoms with Crippen molar-refractivity contribution >= 4 is 0 Å². The van der Waals surface area contributed by atoms with Crippen LogP contribution in [0, 0.1) is 29.1 Å². The molecule has 2 fully saturated rings. The summed E-state index contributed by atoms with van der Waals surface area (Å²) in [5.41, 5.74) is 1.68. The van der Waals surface area contributed by atoms with E-state index >= 15 is 0 Å². The standard InChI is InChI=1S/C19H32O.C2H6/c1-14(11-13-20)7-9-17-16(3)8-10-18-15(2)6-5-12-19(17,18)4;1-2/h7,9,11,15-18,20H,5-6,8,10,12-13H2,1-4H3;1-2H3/b9-7+,14-11+;. The lowest BCUT2D eigenvalue weighted by molar-refractivity contribution is -0.0353. The van der Waals surface area contributed by atoms with E-state index in [9.17, 15) is 0 Å². The SMILES string of the molecule is CC.CC(/C=C/C1C(C)CCC2C(C)CCCC12C)=C\CO. The number of hydrogen-bond donors (Lipinski definition) is 1. The lowest BCUT2D eigenvalue weighted by Gasteiger charge is -2.54. The predicted molar refractivity (Wildman–Crippen MR) is 97.8 cm³/mol. The van der Waals surface area contributed by atoms with Gasteiger partial charge in [-0.05, 0) is 55.3 Å². The van der Waals surface area contributed by atoms with Gasteiger partial charge in [-0.25, -0.2) is 0 Å². The second-order valence-electron chi connectivity index (χ2n) is 7.55. The van der Waals surface area contributed by atoms with Gasteiger partial charge in [0.05, 0.1) is 6.61 Å². The summed E-state index contributed by atoms with van der Waals surface area (Å²) in [6.45, 7) is 13.7. The summed E-state index contributed by atoms with van der Waals surface area (Å²) in [5, 5.41) is 8.99. The predicted octanol–water partition coefficient (Wildman–Crippen LogP) is 6.00. The van der Waals surface area contributed by atoms with Crippen molar-refractivity contribution in [2.45, 2.75) is 73.6 Å². The Bertz CT molecular complexity index is 381. The number of hydrogen-bond acceptors (Lipinski definition) is 1. The fourth-order valence-corrected chi connectivity index (χ4v) is 5.02. The van der Waals surface area contributed by atoms with E-state index in [0.717, 1.165) is 17.8 Å². The smallest absolute Gasteiger partial charge is 0.0617 e. The van der Waals surface area contributed by atoms with E-state index in [-0.39, 0.29) is 6.61 Å². The van der Waals surface area contributed by atoms with Crippen LogP contribution in [0.4, 0.5) is 0 Å². The Labute approximate surface area is 138 Å². The monoisotopic (exact) mass is 306 g/mol. The van der Waals surface area contributed by atoms with Crippen LogP contribution in [-0.4, -0.2) is 11.7 Å². The number of allylic oxidation sites excluding steroid dienone is 3. The minimum absolute atomic E-state index is 0.146. The van der Waals surface area contributed by atoms with Crippen LogP contribution >= 0.6 is 0 Å². The molecule has 2 aliphatic carbocycles. The van der Waals surface area contributed by atoms with Gasteiger partial charge < -0.3 is 5.11 Å². The van der Waals surface area contributed by atoms with Crippen molar-refractivity contribution in [1.29, 1.82) is 0 Å². The lowest BCUT2D eigenvalue weighted by Crippen LogP contribution is -2.46. The number of fused-ring (bicyclic) bond motifs is 1. The van der Waals surface area contributed by atoms with Crippen LogP contribution < -0.4 is 0 Å². The topological polar surface area (TPSA) is 20.2 Å². The normalized spacial score (nSPS) is 39.1. The third-order valence-electron chi connectivity index (χ3n) is 6.20. The molecular formula is C21H38O. The molecule has 128 valence electrons. The Hall–Kier alpha value is -0.560. The first-order valence-corrected chi connectivity index (χ1v) is 9.45. The average molecular weight is 307 g/mol. The van der Waals surface area contributed by atoms with Crippen molar-refractivity contribution < 1.29 is 5.11 Å². The molecule has 5 unspecified atom stereocenters. The molecule has 1 N–H and O–H groups in total. The molecule has 0 aromatic rings. The van der Waals surface area contributed by atoms with Gasteiger partial charge in [0.1, 0.15) is 0 Å². The molecule has 1 heteroatoms. The first-order chi connectivity index (χ1) is 10.5. The summed E-state index contributed by atoms with van der Waals surface area (Å²) >= 11 is 0. The highest BCUT2D eigenvalue weighted by Gasteiger charge is 2.48. The molecule has 0 spiro atoms. The van der Waals surface area contributed by atoms with Crippen LogP contribution in [0.3, 0.4) is 0 Å². The number of aliphatic hydroxyl groups excluding tert-OH is 1. The minimum Gasteiger partial charge on any atom is -0.392 e. The van der Waals surface area contributed by atoms with Crippen LogP contribution in [0.1, 0.15) is 73.6 Å². The molecule has 0 aromatic carbocycles. The number of aliphatic hydroxyl groups is 1. The van der Waals surface area contributed by atoms with Crippen molar-refractivity contribution in [3.05, 3.63) is 23.8 Å². The van der Waals surface area contributed by atoms with E-state index in [2.05, 4.69) is 39.8 Å². The second kappa shape index (κ2) is 8.91. The summed E-state index contributed by atoms with van der Waals surface area (Å²) in [6.07, 6.45) is 13.6. The molecule has 0 bridgehead atoms. The molecule has 22 heavy (non-hydrogen) atoms. The van der Waals surface area contributed by atoms with E-state index in [1.165, 1.54) is 37.7 Å². The largest absolute Gasteiger partial charge is 0.392 e. The first kappa shape index (κ1) is 19.5.